The van der Waals surface area contributed by atoms with Gasteiger partial charge in [-0.25, -0.2) is 19.4 Å². The SMILES string of the molecule is CCOC(=O)N1CCN(Cn2nc(C)c3nc4ccccc4nc32)CC1. The molecule has 1 aromatic carbocycles. The first-order valence-electron chi connectivity index (χ1n) is 8.89. The molecule has 3 heterocycles. The topological polar surface area (TPSA) is 76.4 Å². The molecule has 0 bridgehead atoms. The highest BCUT2D eigenvalue weighted by atomic mass is 16.6. The summed E-state index contributed by atoms with van der Waals surface area (Å²) in [7, 11) is 0. The van der Waals surface area contributed by atoms with Crippen LogP contribution in [0.25, 0.3) is 22.2 Å². The van der Waals surface area contributed by atoms with Crippen LogP contribution < -0.4 is 0 Å². The van der Waals surface area contributed by atoms with Crippen LogP contribution in [0.4, 0.5) is 4.79 Å². The van der Waals surface area contributed by atoms with Crippen molar-refractivity contribution in [3.63, 3.8) is 0 Å². The molecular formula is C18H22N6O2. The predicted molar refractivity (Wildman–Crippen MR) is 97.7 cm³/mol. The summed E-state index contributed by atoms with van der Waals surface area (Å²) in [5.41, 5.74) is 4.27. The highest BCUT2D eigenvalue weighted by Crippen LogP contribution is 2.19. The van der Waals surface area contributed by atoms with E-state index in [1.807, 2.05) is 42.8 Å². The summed E-state index contributed by atoms with van der Waals surface area (Å²) in [6, 6.07) is 7.86. The van der Waals surface area contributed by atoms with Crippen molar-refractivity contribution in [3.05, 3.63) is 30.0 Å². The van der Waals surface area contributed by atoms with E-state index < -0.39 is 0 Å². The normalized spacial score (nSPS) is 15.7. The second-order valence-electron chi connectivity index (χ2n) is 6.41. The first-order chi connectivity index (χ1) is 12.7. The Morgan fingerprint density at radius 2 is 1.81 bits per heavy atom. The van der Waals surface area contributed by atoms with Gasteiger partial charge in [0.25, 0.3) is 0 Å². The minimum Gasteiger partial charge on any atom is -0.450 e. The maximum Gasteiger partial charge on any atom is 0.409 e. The molecular weight excluding hydrogens is 332 g/mol. The van der Waals surface area contributed by atoms with E-state index in [1.165, 1.54) is 0 Å². The van der Waals surface area contributed by atoms with Crippen LogP contribution in [-0.2, 0) is 11.4 Å². The van der Waals surface area contributed by atoms with Crippen LogP contribution >= 0.6 is 0 Å². The van der Waals surface area contributed by atoms with E-state index in [1.54, 1.807) is 4.90 Å². The third kappa shape index (κ3) is 3.08. The molecule has 2 aromatic heterocycles. The molecule has 8 nitrogen and oxygen atoms in total. The van der Waals surface area contributed by atoms with E-state index in [0.717, 1.165) is 41.0 Å². The lowest BCUT2D eigenvalue weighted by Crippen LogP contribution is -2.49. The Kier molecular flexibility index (Phi) is 4.42. The fraction of sp³-hybridized carbons (Fsp3) is 0.444. The van der Waals surface area contributed by atoms with Gasteiger partial charge in [0.15, 0.2) is 5.65 Å². The Balaban J connectivity index is 1.53. The summed E-state index contributed by atoms with van der Waals surface area (Å²) in [6.45, 7) is 7.70. The van der Waals surface area contributed by atoms with Crippen LogP contribution in [0, 0.1) is 6.92 Å². The Morgan fingerprint density at radius 3 is 2.50 bits per heavy atom. The molecule has 1 saturated heterocycles. The molecule has 8 heteroatoms. The van der Waals surface area contributed by atoms with Crippen molar-refractivity contribution < 1.29 is 9.53 Å². The van der Waals surface area contributed by atoms with Crippen molar-refractivity contribution in [2.75, 3.05) is 32.8 Å². The minimum absolute atomic E-state index is 0.232. The van der Waals surface area contributed by atoms with Gasteiger partial charge >= 0.3 is 6.09 Å². The zero-order valence-corrected chi connectivity index (χ0v) is 15.1. The number of aryl methyl sites for hydroxylation is 1. The number of hydrogen-bond acceptors (Lipinski definition) is 6. The third-order valence-corrected chi connectivity index (χ3v) is 4.64. The van der Waals surface area contributed by atoms with Crippen LogP contribution in [0.3, 0.4) is 0 Å². The maximum absolute atomic E-state index is 11.8. The molecule has 3 aromatic rings. The molecule has 136 valence electrons. The summed E-state index contributed by atoms with van der Waals surface area (Å²) in [4.78, 5) is 25.3. The summed E-state index contributed by atoms with van der Waals surface area (Å²) >= 11 is 0. The number of rotatable bonds is 3. The van der Waals surface area contributed by atoms with E-state index in [2.05, 4.69) is 10.00 Å². The third-order valence-electron chi connectivity index (χ3n) is 4.64. The number of piperazine rings is 1. The smallest absolute Gasteiger partial charge is 0.409 e. The van der Waals surface area contributed by atoms with Gasteiger partial charge in [-0.15, -0.1) is 0 Å². The van der Waals surface area contributed by atoms with Crippen molar-refractivity contribution in [2.45, 2.75) is 20.5 Å². The van der Waals surface area contributed by atoms with Gasteiger partial charge in [0.05, 0.1) is 30.0 Å². The van der Waals surface area contributed by atoms with Gasteiger partial charge < -0.3 is 9.64 Å². The molecule has 26 heavy (non-hydrogen) atoms. The van der Waals surface area contributed by atoms with E-state index in [4.69, 9.17) is 14.7 Å². The largest absolute Gasteiger partial charge is 0.450 e. The van der Waals surface area contributed by atoms with Gasteiger partial charge in [0.2, 0.25) is 0 Å². The van der Waals surface area contributed by atoms with Crippen LogP contribution in [-0.4, -0.2) is 68.4 Å². The summed E-state index contributed by atoms with van der Waals surface area (Å²) < 4.78 is 6.98. The van der Waals surface area contributed by atoms with Gasteiger partial charge in [0, 0.05) is 26.2 Å². The standard InChI is InChI=1S/C18H22N6O2/c1-3-26-18(25)23-10-8-22(9-11-23)12-24-17-16(13(2)21-24)19-14-6-4-5-7-15(14)20-17/h4-7H,3,8-12H2,1-2H3. The molecule has 0 radical (unpaired) electrons. The van der Waals surface area contributed by atoms with Crippen molar-refractivity contribution in [1.82, 2.24) is 29.5 Å². The molecule has 1 aliphatic heterocycles. The predicted octanol–water partition coefficient (Wildman–Crippen LogP) is 2.02. The van der Waals surface area contributed by atoms with Gasteiger partial charge in [-0.3, -0.25) is 4.90 Å². The van der Waals surface area contributed by atoms with Crippen LogP contribution in [0.15, 0.2) is 24.3 Å². The number of carbonyl (C=O) groups is 1. The number of nitrogens with zero attached hydrogens (tertiary/aromatic N) is 6. The highest BCUT2D eigenvalue weighted by Gasteiger charge is 2.23. The van der Waals surface area contributed by atoms with E-state index in [0.29, 0.717) is 26.4 Å². The zero-order valence-electron chi connectivity index (χ0n) is 15.1. The van der Waals surface area contributed by atoms with Crippen LogP contribution in [0.1, 0.15) is 12.6 Å². The van der Waals surface area contributed by atoms with Gasteiger partial charge in [-0.1, -0.05) is 12.1 Å². The van der Waals surface area contributed by atoms with Crippen LogP contribution in [0.5, 0.6) is 0 Å². The molecule has 1 aliphatic rings. The average molecular weight is 354 g/mol. The number of fused-ring (bicyclic) bond motifs is 2. The Morgan fingerprint density at radius 1 is 1.12 bits per heavy atom. The van der Waals surface area contributed by atoms with Gasteiger partial charge in [0.1, 0.15) is 5.52 Å². The molecule has 0 atom stereocenters. The number of amides is 1. The summed E-state index contributed by atoms with van der Waals surface area (Å²) in [5.74, 6) is 0. The lowest BCUT2D eigenvalue weighted by molar-refractivity contribution is 0.0698. The first-order valence-corrected chi connectivity index (χ1v) is 8.89. The van der Waals surface area contributed by atoms with E-state index in [9.17, 15) is 4.79 Å². The fourth-order valence-corrected chi connectivity index (χ4v) is 3.26. The lowest BCUT2D eigenvalue weighted by atomic mass is 10.3. The Labute approximate surface area is 151 Å². The zero-order chi connectivity index (χ0) is 18.1. The minimum atomic E-state index is -0.232. The number of aromatic nitrogens is 4. The average Bonchev–Trinajstić information content (AvgIpc) is 2.96. The molecule has 0 aliphatic carbocycles. The highest BCUT2D eigenvalue weighted by molar-refractivity contribution is 5.85. The summed E-state index contributed by atoms with van der Waals surface area (Å²) in [5, 5.41) is 4.64. The lowest BCUT2D eigenvalue weighted by Gasteiger charge is -2.33. The number of ether oxygens (including phenoxy) is 1. The second-order valence-corrected chi connectivity index (χ2v) is 6.41. The van der Waals surface area contributed by atoms with Gasteiger partial charge in [-0.2, -0.15) is 5.10 Å². The summed E-state index contributed by atoms with van der Waals surface area (Å²) in [6.07, 6.45) is -0.232. The van der Waals surface area contributed by atoms with Gasteiger partial charge in [-0.05, 0) is 26.0 Å². The molecule has 1 fully saturated rings. The number of hydrogen-bond donors (Lipinski definition) is 0. The molecule has 0 spiro atoms. The van der Waals surface area contributed by atoms with Crippen molar-refractivity contribution in [1.29, 1.82) is 0 Å². The molecule has 1 amide bonds. The molecule has 0 unspecified atom stereocenters. The number of carbonyl (C=O) groups excluding carboxylic acids is 1. The fourth-order valence-electron chi connectivity index (χ4n) is 3.26. The number of benzene rings is 1. The molecule has 4 rings (SSSR count). The maximum atomic E-state index is 11.8. The Hall–Kier alpha value is -2.74. The molecule has 0 saturated carbocycles. The molecule has 0 N–H and O–H groups in total. The van der Waals surface area contributed by atoms with Crippen molar-refractivity contribution in [3.8, 4) is 0 Å². The van der Waals surface area contributed by atoms with Crippen molar-refractivity contribution >= 4 is 28.3 Å². The van der Waals surface area contributed by atoms with E-state index >= 15 is 0 Å². The van der Waals surface area contributed by atoms with Crippen LogP contribution in [0.2, 0.25) is 0 Å². The Bertz CT molecular complexity index is 945. The monoisotopic (exact) mass is 354 g/mol. The first kappa shape index (κ1) is 16.7. The quantitative estimate of drug-likeness (QED) is 0.716. The number of para-hydroxylation sites is 2. The second kappa shape index (κ2) is 6.87. The van der Waals surface area contributed by atoms with Crippen molar-refractivity contribution in [2.24, 2.45) is 0 Å². The van der Waals surface area contributed by atoms with E-state index in [-0.39, 0.29) is 6.09 Å².